The fourth-order valence-electron chi connectivity index (χ4n) is 8.60. The predicted molar refractivity (Wildman–Crippen MR) is 199 cm³/mol. The van der Waals surface area contributed by atoms with Crippen molar-refractivity contribution in [1.29, 1.82) is 0 Å². The number of amides is 6. The number of hydroxylamine groups is 6. The highest BCUT2D eigenvalue weighted by Crippen LogP contribution is 2.65. The third kappa shape index (κ3) is 16.6. The van der Waals surface area contributed by atoms with Crippen molar-refractivity contribution in [2.45, 2.75) is 140 Å². The molecule has 16 heteroatoms. The summed E-state index contributed by atoms with van der Waals surface area (Å²) in [5.74, 6) is -0.459. The van der Waals surface area contributed by atoms with Gasteiger partial charge in [-0.2, -0.15) is 0 Å². The number of alkyl halides is 1. The highest BCUT2D eigenvalue weighted by Gasteiger charge is 2.57. The minimum Gasteiger partial charge on any atom is -0.356 e. The van der Waals surface area contributed by atoms with Gasteiger partial charge in [0.15, 0.2) is 0 Å². The van der Waals surface area contributed by atoms with Gasteiger partial charge in [0.05, 0.1) is 0 Å². The Morgan fingerprint density at radius 2 is 1.00 bits per heavy atom. The number of nitrogens with one attached hydrogen (secondary N) is 3. The van der Waals surface area contributed by atoms with Gasteiger partial charge >= 0.3 is 0 Å². The van der Waals surface area contributed by atoms with Crippen LogP contribution in [0.15, 0.2) is 0 Å². The lowest BCUT2D eigenvalue weighted by Crippen LogP contribution is -2.54. The number of hydrogen-bond acceptors (Lipinski definition) is 9. The average molecular weight is 816 g/mol. The molecule has 0 aliphatic heterocycles. The van der Waals surface area contributed by atoms with Crippen LogP contribution in [0.3, 0.4) is 0 Å². The van der Waals surface area contributed by atoms with Crippen LogP contribution in [0.1, 0.15) is 135 Å². The van der Waals surface area contributed by atoms with Crippen LogP contribution in [0, 0.1) is 17.3 Å². The lowest BCUT2D eigenvalue weighted by atomic mass is 9.48. The molecule has 6 N–H and O–H groups in total. The molecule has 4 fully saturated rings. The van der Waals surface area contributed by atoms with E-state index in [1.165, 1.54) is 39.0 Å². The molecular formula is C37H63BrN6O9. The van der Waals surface area contributed by atoms with E-state index in [4.69, 9.17) is 0 Å². The maximum absolute atomic E-state index is 12.8. The molecule has 15 nitrogen and oxygen atoms in total. The van der Waals surface area contributed by atoms with Crippen molar-refractivity contribution in [3.05, 3.63) is 0 Å². The molecule has 4 saturated carbocycles. The number of carbonyl (C=O) groups excluding carboxylic acids is 6. The van der Waals surface area contributed by atoms with Crippen LogP contribution in [0.2, 0.25) is 0 Å². The summed E-state index contributed by atoms with van der Waals surface area (Å²) >= 11 is 4.01. The van der Waals surface area contributed by atoms with Gasteiger partial charge in [0.2, 0.25) is 35.4 Å². The van der Waals surface area contributed by atoms with E-state index in [1.54, 1.807) is 0 Å². The molecule has 0 aromatic carbocycles. The van der Waals surface area contributed by atoms with Crippen molar-refractivity contribution in [3.63, 3.8) is 0 Å². The fraction of sp³-hybridized carbons (Fsp3) is 0.838. The van der Waals surface area contributed by atoms with E-state index in [1.807, 2.05) is 0 Å². The number of unbranched alkanes of at least 4 members (excludes halogenated alkanes) is 6. The molecule has 4 rings (SSSR count). The summed E-state index contributed by atoms with van der Waals surface area (Å²) in [6.45, 7) is 3.15. The number of halogens is 1. The maximum Gasteiger partial charge on any atom is 0.246 e. The first-order chi connectivity index (χ1) is 25.2. The van der Waals surface area contributed by atoms with Crippen LogP contribution < -0.4 is 16.0 Å². The second-order valence-electron chi connectivity index (χ2n) is 15.7. The molecule has 0 spiro atoms. The molecule has 0 saturated heterocycles. The van der Waals surface area contributed by atoms with E-state index in [0.29, 0.717) is 86.2 Å². The zero-order valence-corrected chi connectivity index (χ0v) is 33.1. The SMILES string of the molecule is CC(=O)N(O)CCCCCNC(=O)CCC(=O)N(O)CCCCCNC(=O)CCC(=O)N(O)CCCCCNC(=O)CC12CC3CC(CC(Br)(C3)C1)C2. The van der Waals surface area contributed by atoms with Crippen molar-refractivity contribution in [2.75, 3.05) is 39.3 Å². The zero-order valence-electron chi connectivity index (χ0n) is 31.6. The number of nitrogens with zero attached hydrogens (tertiary/aromatic N) is 3. The third-order valence-corrected chi connectivity index (χ3v) is 11.8. The quantitative estimate of drug-likeness (QED) is 0.0320. The highest BCUT2D eigenvalue weighted by atomic mass is 79.9. The monoisotopic (exact) mass is 814 g/mol. The van der Waals surface area contributed by atoms with Gasteiger partial charge in [-0.1, -0.05) is 15.9 Å². The van der Waals surface area contributed by atoms with Crippen LogP contribution in [0.5, 0.6) is 0 Å². The molecule has 53 heavy (non-hydrogen) atoms. The molecule has 4 aliphatic rings. The standard InChI is InChI=1S/C37H63BrN6O9/c1-28(45)42(51)18-8-2-5-15-39-31(46)11-13-34(49)43(52)19-9-3-6-16-40-32(47)12-14-35(50)44(53)20-10-4-7-17-41-33(48)26-36-22-29-21-30(23-36)25-37(38,24-29)27-36/h29-30,51-53H,2-27H2,1H3,(H,39,46)(H,40,47)(H,41,48). The molecule has 2 unspecified atom stereocenters. The van der Waals surface area contributed by atoms with E-state index in [9.17, 15) is 44.4 Å². The van der Waals surface area contributed by atoms with Crippen LogP contribution in [0.25, 0.3) is 0 Å². The van der Waals surface area contributed by atoms with Crippen LogP contribution in [0.4, 0.5) is 0 Å². The van der Waals surface area contributed by atoms with Gasteiger partial charge in [0.1, 0.15) is 0 Å². The van der Waals surface area contributed by atoms with Crippen LogP contribution >= 0.6 is 15.9 Å². The van der Waals surface area contributed by atoms with Gasteiger partial charge in [0, 0.05) is 82.6 Å². The smallest absolute Gasteiger partial charge is 0.246 e. The van der Waals surface area contributed by atoms with E-state index in [0.717, 1.165) is 31.1 Å². The molecule has 4 bridgehead atoms. The molecule has 302 valence electrons. The Balaban J connectivity index is 1.10. The van der Waals surface area contributed by atoms with E-state index < -0.39 is 17.7 Å². The largest absolute Gasteiger partial charge is 0.356 e. The summed E-state index contributed by atoms with van der Waals surface area (Å²) in [5.41, 5.74) is 0.150. The van der Waals surface area contributed by atoms with Crippen molar-refractivity contribution < 1.29 is 44.4 Å². The molecule has 0 radical (unpaired) electrons. The van der Waals surface area contributed by atoms with Crippen molar-refractivity contribution >= 4 is 51.4 Å². The Hall–Kier alpha value is -2.82. The van der Waals surface area contributed by atoms with Gasteiger partial charge in [-0.3, -0.25) is 44.4 Å². The third-order valence-electron chi connectivity index (χ3n) is 10.8. The Labute approximate surface area is 322 Å². The van der Waals surface area contributed by atoms with Crippen molar-refractivity contribution in [2.24, 2.45) is 17.3 Å². The summed E-state index contributed by atoms with van der Waals surface area (Å²) in [6.07, 6.45) is 13.4. The summed E-state index contributed by atoms with van der Waals surface area (Å²) in [6, 6.07) is 0. The first-order valence-corrected chi connectivity index (χ1v) is 20.4. The minimum absolute atomic E-state index is 0.0445. The number of hydrogen-bond donors (Lipinski definition) is 6. The van der Waals surface area contributed by atoms with Gasteiger partial charge in [-0.05, 0) is 114 Å². The lowest BCUT2D eigenvalue weighted by Gasteiger charge is -2.60. The van der Waals surface area contributed by atoms with Gasteiger partial charge in [0.25, 0.3) is 0 Å². The van der Waals surface area contributed by atoms with Crippen molar-refractivity contribution in [1.82, 2.24) is 31.1 Å². The molecular weight excluding hydrogens is 752 g/mol. The van der Waals surface area contributed by atoms with Crippen molar-refractivity contribution in [3.8, 4) is 0 Å². The zero-order chi connectivity index (χ0) is 38.9. The fourth-order valence-corrected chi connectivity index (χ4v) is 10.1. The maximum atomic E-state index is 12.8. The number of rotatable bonds is 26. The van der Waals surface area contributed by atoms with Gasteiger partial charge in [-0.15, -0.1) is 0 Å². The normalized spacial score (nSPS) is 22.6. The molecule has 0 heterocycles. The summed E-state index contributed by atoms with van der Waals surface area (Å²) in [5, 5.41) is 39.8. The van der Waals surface area contributed by atoms with E-state index in [2.05, 4.69) is 31.9 Å². The van der Waals surface area contributed by atoms with Gasteiger partial charge in [-0.25, -0.2) is 15.2 Å². The van der Waals surface area contributed by atoms with Gasteiger partial charge < -0.3 is 16.0 Å². The van der Waals surface area contributed by atoms with Crippen LogP contribution in [-0.4, -0.2) is 110 Å². The molecule has 2 atom stereocenters. The molecule has 6 amide bonds. The number of carbonyl (C=O) groups is 6. The molecule has 4 aliphatic carbocycles. The highest BCUT2D eigenvalue weighted by molar-refractivity contribution is 9.10. The lowest BCUT2D eigenvalue weighted by molar-refractivity contribution is -0.166. The summed E-state index contributed by atoms with van der Waals surface area (Å²) in [4.78, 5) is 72.1. The molecule has 0 aromatic rings. The topological polar surface area (TPSA) is 209 Å². The molecule has 0 aromatic heterocycles. The second kappa shape index (κ2) is 22.5. The Morgan fingerprint density at radius 3 is 1.42 bits per heavy atom. The van der Waals surface area contributed by atoms with E-state index >= 15 is 0 Å². The summed E-state index contributed by atoms with van der Waals surface area (Å²) in [7, 11) is 0. The first-order valence-electron chi connectivity index (χ1n) is 19.6. The Kier molecular flexibility index (Phi) is 19.0. The predicted octanol–water partition coefficient (Wildman–Crippen LogP) is 4.20. The Morgan fingerprint density at radius 1 is 0.585 bits per heavy atom. The minimum atomic E-state index is -0.553. The first kappa shape index (κ1) is 44.6. The second-order valence-corrected chi connectivity index (χ2v) is 17.4. The van der Waals surface area contributed by atoms with E-state index in [-0.39, 0.29) is 72.8 Å². The van der Waals surface area contributed by atoms with Crippen LogP contribution in [-0.2, 0) is 28.8 Å². The summed E-state index contributed by atoms with van der Waals surface area (Å²) < 4.78 is 0.241. The average Bonchev–Trinajstić information content (AvgIpc) is 3.08. The Bertz CT molecular complexity index is 1230.